The fourth-order valence-electron chi connectivity index (χ4n) is 4.09. The number of hydrogen-bond donors (Lipinski definition) is 3. The molecule has 8 nitrogen and oxygen atoms in total. The van der Waals surface area contributed by atoms with Gasteiger partial charge >= 0.3 is 0 Å². The number of likely N-dealkylation sites (tertiary alicyclic amines) is 1. The first kappa shape index (κ1) is 20.3. The average molecular weight is 409 g/mol. The van der Waals surface area contributed by atoms with Gasteiger partial charge in [-0.05, 0) is 43.5 Å². The molecule has 4 rings (SSSR count). The number of amides is 2. The summed E-state index contributed by atoms with van der Waals surface area (Å²) < 4.78 is 5.31. The van der Waals surface area contributed by atoms with E-state index in [-0.39, 0.29) is 29.8 Å². The molecule has 2 aliphatic rings. The Kier molecular flexibility index (Phi) is 6.25. The van der Waals surface area contributed by atoms with Crippen molar-refractivity contribution in [2.24, 2.45) is 5.92 Å². The maximum atomic E-state index is 13.1. The van der Waals surface area contributed by atoms with E-state index in [1.54, 1.807) is 18.2 Å². The van der Waals surface area contributed by atoms with Crippen molar-refractivity contribution in [3.63, 3.8) is 0 Å². The van der Waals surface area contributed by atoms with Gasteiger partial charge in [-0.3, -0.25) is 14.6 Å². The van der Waals surface area contributed by atoms with Crippen LogP contribution in [0.4, 0.5) is 5.69 Å². The normalized spacial score (nSPS) is 23.8. The summed E-state index contributed by atoms with van der Waals surface area (Å²) in [6.45, 7) is 1.09. The topological polar surface area (TPSA) is 95.6 Å². The first-order valence-electron chi connectivity index (χ1n) is 10.3. The lowest BCUT2D eigenvalue weighted by Gasteiger charge is -2.33. The Morgan fingerprint density at radius 1 is 1.17 bits per heavy atom. The summed E-state index contributed by atoms with van der Waals surface area (Å²) >= 11 is 0. The number of hydrazine groups is 1. The van der Waals surface area contributed by atoms with Crippen LogP contribution in [0.25, 0.3) is 0 Å². The number of nitrogens with one attached hydrogen (secondary N) is 3. The van der Waals surface area contributed by atoms with Crippen LogP contribution in [-0.4, -0.2) is 47.9 Å². The molecule has 1 aromatic carbocycles. The minimum Gasteiger partial charge on any atom is -0.495 e. The van der Waals surface area contributed by atoms with Gasteiger partial charge in [0.05, 0.1) is 30.5 Å². The Morgan fingerprint density at radius 2 is 2.00 bits per heavy atom. The Bertz CT molecular complexity index is 891. The van der Waals surface area contributed by atoms with E-state index in [4.69, 9.17) is 4.74 Å². The van der Waals surface area contributed by atoms with Crippen LogP contribution < -0.4 is 20.9 Å². The highest BCUT2D eigenvalue weighted by Crippen LogP contribution is 2.27. The Hall–Kier alpha value is -2.97. The number of hydrogen-bond acceptors (Lipinski definition) is 6. The second-order valence-corrected chi connectivity index (χ2v) is 7.70. The molecular weight excluding hydrogens is 382 g/mol. The number of aromatic nitrogens is 1. The smallest absolute Gasteiger partial charge is 0.241 e. The number of nitrogens with zero attached hydrogens (tertiary/aromatic N) is 2. The van der Waals surface area contributed by atoms with Gasteiger partial charge < -0.3 is 15.0 Å². The monoisotopic (exact) mass is 409 g/mol. The van der Waals surface area contributed by atoms with Gasteiger partial charge in [-0.25, -0.2) is 10.9 Å². The van der Waals surface area contributed by atoms with Crippen molar-refractivity contribution in [1.82, 2.24) is 20.7 Å². The molecule has 30 heavy (non-hydrogen) atoms. The molecule has 0 saturated carbocycles. The first-order chi connectivity index (χ1) is 14.7. The van der Waals surface area contributed by atoms with Crippen molar-refractivity contribution >= 4 is 17.5 Å². The van der Waals surface area contributed by atoms with Gasteiger partial charge in [-0.1, -0.05) is 18.2 Å². The third-order valence-corrected chi connectivity index (χ3v) is 5.71. The molecule has 158 valence electrons. The van der Waals surface area contributed by atoms with Crippen molar-refractivity contribution < 1.29 is 14.3 Å². The van der Waals surface area contributed by atoms with E-state index < -0.39 is 0 Å². The highest BCUT2D eigenvalue weighted by Gasteiger charge is 2.36. The first-order valence-corrected chi connectivity index (χ1v) is 10.3. The SMILES string of the molecule is COc1ccccc1NC(=O)C1CCCN(C(=O)C2CC(c3ccccn3)NN2)C1. The van der Waals surface area contributed by atoms with Crippen LogP contribution in [0.2, 0.25) is 0 Å². The van der Waals surface area contributed by atoms with Crippen LogP contribution in [-0.2, 0) is 9.59 Å². The number of rotatable bonds is 5. The van der Waals surface area contributed by atoms with Crippen molar-refractivity contribution in [2.45, 2.75) is 31.3 Å². The predicted molar refractivity (Wildman–Crippen MR) is 113 cm³/mol. The fourth-order valence-corrected chi connectivity index (χ4v) is 4.09. The van der Waals surface area contributed by atoms with Gasteiger partial charge in [0.15, 0.2) is 0 Å². The van der Waals surface area contributed by atoms with E-state index in [9.17, 15) is 9.59 Å². The molecule has 0 radical (unpaired) electrons. The molecule has 2 saturated heterocycles. The van der Waals surface area contributed by atoms with E-state index in [1.807, 2.05) is 42.5 Å². The zero-order valence-corrected chi connectivity index (χ0v) is 17.0. The fraction of sp³-hybridized carbons (Fsp3) is 0.409. The molecule has 0 aliphatic carbocycles. The predicted octanol–water partition coefficient (Wildman–Crippen LogP) is 1.88. The summed E-state index contributed by atoms with van der Waals surface area (Å²) in [6, 6.07) is 12.8. The van der Waals surface area contributed by atoms with Crippen LogP contribution >= 0.6 is 0 Å². The summed E-state index contributed by atoms with van der Waals surface area (Å²) in [5.74, 6) is 0.321. The van der Waals surface area contributed by atoms with Crippen molar-refractivity contribution in [3.05, 3.63) is 54.4 Å². The van der Waals surface area contributed by atoms with Gasteiger partial charge in [0.25, 0.3) is 0 Å². The summed E-state index contributed by atoms with van der Waals surface area (Å²) in [5, 5.41) is 2.95. The molecule has 0 spiro atoms. The quantitative estimate of drug-likeness (QED) is 0.698. The minimum atomic E-state index is -0.326. The summed E-state index contributed by atoms with van der Waals surface area (Å²) in [5.41, 5.74) is 7.83. The van der Waals surface area contributed by atoms with Crippen LogP contribution in [0.1, 0.15) is 31.0 Å². The molecule has 1 aromatic heterocycles. The third kappa shape index (κ3) is 4.44. The van der Waals surface area contributed by atoms with E-state index >= 15 is 0 Å². The Labute approximate surface area is 176 Å². The summed E-state index contributed by atoms with van der Waals surface area (Å²) in [7, 11) is 1.58. The largest absolute Gasteiger partial charge is 0.495 e. The highest BCUT2D eigenvalue weighted by atomic mass is 16.5. The van der Waals surface area contributed by atoms with Crippen LogP contribution in [0.15, 0.2) is 48.7 Å². The molecule has 3 N–H and O–H groups in total. The van der Waals surface area contributed by atoms with Gasteiger partial charge in [0.1, 0.15) is 11.8 Å². The van der Waals surface area contributed by atoms with E-state index in [0.717, 1.165) is 18.5 Å². The van der Waals surface area contributed by atoms with Crippen LogP contribution in [0, 0.1) is 5.92 Å². The number of anilines is 1. The molecule has 3 unspecified atom stereocenters. The number of ether oxygens (including phenoxy) is 1. The number of carbonyl (C=O) groups excluding carboxylic acids is 2. The number of carbonyl (C=O) groups is 2. The molecular formula is C22H27N5O3. The van der Waals surface area contributed by atoms with E-state index in [0.29, 0.717) is 30.9 Å². The highest BCUT2D eigenvalue weighted by molar-refractivity contribution is 5.94. The van der Waals surface area contributed by atoms with Crippen molar-refractivity contribution in [3.8, 4) is 5.75 Å². The lowest BCUT2D eigenvalue weighted by Crippen LogP contribution is -2.50. The molecule has 3 atom stereocenters. The standard InChI is InChI=1S/C22H27N5O3/c1-30-20-10-3-2-9-17(20)24-21(28)15-7-6-12-27(14-15)22(29)19-13-18(25-26-19)16-8-4-5-11-23-16/h2-5,8-11,15,18-19,25-26H,6-7,12-14H2,1H3,(H,24,28). The maximum absolute atomic E-state index is 13.1. The Balaban J connectivity index is 1.35. The molecule has 2 fully saturated rings. The minimum absolute atomic E-state index is 0.00502. The number of benzene rings is 1. The molecule has 0 bridgehead atoms. The van der Waals surface area contributed by atoms with Crippen LogP contribution in [0.3, 0.4) is 0 Å². The third-order valence-electron chi connectivity index (χ3n) is 5.71. The molecule has 8 heteroatoms. The number of para-hydroxylation sites is 2. The average Bonchev–Trinajstić information content (AvgIpc) is 3.30. The second-order valence-electron chi connectivity index (χ2n) is 7.70. The van der Waals surface area contributed by atoms with Gasteiger partial charge in [-0.15, -0.1) is 0 Å². The Morgan fingerprint density at radius 3 is 2.80 bits per heavy atom. The number of methoxy groups -OCH3 is 1. The van der Waals surface area contributed by atoms with Gasteiger partial charge in [-0.2, -0.15) is 0 Å². The molecule has 2 aromatic rings. The van der Waals surface area contributed by atoms with E-state index in [1.165, 1.54) is 0 Å². The van der Waals surface area contributed by atoms with Crippen molar-refractivity contribution in [1.29, 1.82) is 0 Å². The molecule has 3 heterocycles. The summed E-state index contributed by atoms with van der Waals surface area (Å²) in [6.07, 6.45) is 3.95. The molecule has 2 amide bonds. The number of pyridine rings is 1. The van der Waals surface area contributed by atoms with Crippen LogP contribution in [0.5, 0.6) is 5.75 Å². The number of piperidine rings is 1. The van der Waals surface area contributed by atoms with Crippen molar-refractivity contribution in [2.75, 3.05) is 25.5 Å². The van der Waals surface area contributed by atoms with Gasteiger partial charge in [0.2, 0.25) is 11.8 Å². The second kappa shape index (κ2) is 9.23. The van der Waals surface area contributed by atoms with E-state index in [2.05, 4.69) is 21.2 Å². The summed E-state index contributed by atoms with van der Waals surface area (Å²) in [4.78, 5) is 32.0. The zero-order chi connectivity index (χ0) is 20.9. The zero-order valence-electron chi connectivity index (χ0n) is 17.0. The lowest BCUT2D eigenvalue weighted by atomic mass is 9.95. The van der Waals surface area contributed by atoms with Gasteiger partial charge in [0, 0.05) is 19.3 Å². The molecule has 2 aliphatic heterocycles. The maximum Gasteiger partial charge on any atom is 0.241 e. The lowest BCUT2D eigenvalue weighted by molar-refractivity contribution is -0.136.